The smallest absolute Gasteiger partial charge is 0.332 e. The van der Waals surface area contributed by atoms with Gasteiger partial charge in [0.2, 0.25) is 0 Å². The van der Waals surface area contributed by atoms with Crippen LogP contribution in [-0.4, -0.2) is 56.7 Å². The Bertz CT molecular complexity index is 781. The lowest BCUT2D eigenvalue weighted by atomic mass is 10.2. The number of piperazine rings is 1. The number of rotatable bonds is 4. The van der Waals surface area contributed by atoms with Gasteiger partial charge in [0.25, 0.3) is 5.56 Å². The molecule has 0 radical (unpaired) electrons. The van der Waals surface area contributed by atoms with Crippen molar-refractivity contribution in [2.75, 3.05) is 32.7 Å². The number of hydrogen-bond acceptors (Lipinski definition) is 5. The maximum atomic E-state index is 12.1. The molecule has 0 atom stereocenters. The van der Waals surface area contributed by atoms with Crippen LogP contribution in [0.15, 0.2) is 9.59 Å². The van der Waals surface area contributed by atoms with Crippen LogP contribution in [0, 0.1) is 0 Å². The van der Waals surface area contributed by atoms with Crippen molar-refractivity contribution in [3.8, 4) is 0 Å². The minimum Gasteiger partial charge on any atom is -0.336 e. The van der Waals surface area contributed by atoms with Gasteiger partial charge in [-0.1, -0.05) is 0 Å². The van der Waals surface area contributed by atoms with Gasteiger partial charge in [0, 0.05) is 46.7 Å². The van der Waals surface area contributed by atoms with Crippen LogP contribution in [0.4, 0.5) is 0 Å². The molecule has 0 saturated carbocycles. The van der Waals surface area contributed by atoms with Crippen LogP contribution < -0.4 is 16.6 Å². The zero-order chi connectivity index (χ0) is 15.7. The second-order valence-electron chi connectivity index (χ2n) is 5.78. The summed E-state index contributed by atoms with van der Waals surface area (Å²) in [5.74, 6) is 0.767. The molecule has 2 N–H and O–H groups in total. The van der Waals surface area contributed by atoms with E-state index in [9.17, 15) is 9.59 Å². The fourth-order valence-electron chi connectivity index (χ4n) is 2.90. The van der Waals surface area contributed by atoms with Gasteiger partial charge in [0.15, 0.2) is 5.65 Å². The molecule has 0 spiro atoms. The standard InChI is InChI=1S/C14H22N6O2/c1-18-12-11(13(21)19(2)14(18)22)16-10(17-12)4-3-7-20-8-5-15-6-9-20/h15H,3-9H2,1-2H3,(H,16,17). The van der Waals surface area contributed by atoms with Crippen molar-refractivity contribution >= 4 is 11.2 Å². The van der Waals surface area contributed by atoms with E-state index in [1.54, 1.807) is 7.05 Å². The molecule has 8 nitrogen and oxygen atoms in total. The van der Waals surface area contributed by atoms with E-state index in [-0.39, 0.29) is 11.2 Å². The van der Waals surface area contributed by atoms with Crippen LogP contribution in [0.1, 0.15) is 12.2 Å². The Labute approximate surface area is 127 Å². The molecule has 3 heterocycles. The molecular formula is C14H22N6O2. The van der Waals surface area contributed by atoms with Crippen LogP contribution in [0.25, 0.3) is 11.2 Å². The molecular weight excluding hydrogens is 284 g/mol. The van der Waals surface area contributed by atoms with E-state index < -0.39 is 0 Å². The van der Waals surface area contributed by atoms with Crippen LogP contribution >= 0.6 is 0 Å². The Morgan fingerprint density at radius 1 is 1.14 bits per heavy atom. The molecule has 22 heavy (non-hydrogen) atoms. The maximum Gasteiger partial charge on any atom is 0.332 e. The van der Waals surface area contributed by atoms with Crippen molar-refractivity contribution in [2.24, 2.45) is 14.1 Å². The summed E-state index contributed by atoms with van der Waals surface area (Å²) in [6.45, 7) is 5.27. The second kappa shape index (κ2) is 6.05. The molecule has 1 aliphatic rings. The fourth-order valence-corrected chi connectivity index (χ4v) is 2.90. The van der Waals surface area contributed by atoms with Crippen molar-refractivity contribution in [2.45, 2.75) is 12.8 Å². The first-order valence-electron chi connectivity index (χ1n) is 7.65. The van der Waals surface area contributed by atoms with Crippen LogP contribution in [0.2, 0.25) is 0 Å². The average molecular weight is 306 g/mol. The van der Waals surface area contributed by atoms with Gasteiger partial charge < -0.3 is 15.2 Å². The third-order valence-corrected chi connectivity index (χ3v) is 4.24. The lowest BCUT2D eigenvalue weighted by molar-refractivity contribution is 0.238. The van der Waals surface area contributed by atoms with Crippen molar-refractivity contribution in [3.63, 3.8) is 0 Å². The summed E-state index contributed by atoms with van der Waals surface area (Å²) >= 11 is 0. The summed E-state index contributed by atoms with van der Waals surface area (Å²) in [5.41, 5.74) is 0.169. The van der Waals surface area contributed by atoms with Gasteiger partial charge in [-0.05, 0) is 13.0 Å². The first-order valence-corrected chi connectivity index (χ1v) is 7.65. The Kier molecular flexibility index (Phi) is 4.12. The minimum absolute atomic E-state index is 0.320. The van der Waals surface area contributed by atoms with E-state index in [1.165, 1.54) is 11.6 Å². The van der Waals surface area contributed by atoms with Crippen LogP contribution in [0.5, 0.6) is 0 Å². The SMILES string of the molecule is Cn1c(=O)c2[nH]c(CCCN3CCNCC3)nc2n(C)c1=O. The summed E-state index contributed by atoms with van der Waals surface area (Å²) in [6.07, 6.45) is 1.75. The van der Waals surface area contributed by atoms with Crippen molar-refractivity contribution in [1.29, 1.82) is 0 Å². The second-order valence-corrected chi connectivity index (χ2v) is 5.78. The van der Waals surface area contributed by atoms with Gasteiger partial charge in [0.05, 0.1) is 0 Å². The van der Waals surface area contributed by atoms with Gasteiger partial charge in [-0.15, -0.1) is 0 Å². The van der Waals surface area contributed by atoms with E-state index in [2.05, 4.69) is 20.2 Å². The molecule has 2 aromatic heterocycles. The zero-order valence-electron chi connectivity index (χ0n) is 13.1. The van der Waals surface area contributed by atoms with Crippen LogP contribution in [-0.2, 0) is 20.5 Å². The van der Waals surface area contributed by atoms with E-state index in [1.807, 2.05) is 0 Å². The zero-order valence-corrected chi connectivity index (χ0v) is 13.1. The third-order valence-electron chi connectivity index (χ3n) is 4.24. The highest BCUT2D eigenvalue weighted by Gasteiger charge is 2.14. The monoisotopic (exact) mass is 306 g/mol. The van der Waals surface area contributed by atoms with Gasteiger partial charge in [-0.25, -0.2) is 9.78 Å². The minimum atomic E-state index is -0.351. The molecule has 0 bridgehead atoms. The average Bonchev–Trinajstić information content (AvgIpc) is 2.96. The van der Waals surface area contributed by atoms with E-state index in [4.69, 9.17) is 0 Å². The van der Waals surface area contributed by atoms with Crippen LogP contribution in [0.3, 0.4) is 0 Å². The topological polar surface area (TPSA) is 87.9 Å². The molecule has 1 saturated heterocycles. The summed E-state index contributed by atoms with van der Waals surface area (Å²) < 4.78 is 2.51. The fraction of sp³-hybridized carbons (Fsp3) is 0.643. The molecule has 0 amide bonds. The molecule has 1 fully saturated rings. The maximum absolute atomic E-state index is 12.1. The quantitative estimate of drug-likeness (QED) is 0.741. The number of aromatic amines is 1. The lowest BCUT2D eigenvalue weighted by Gasteiger charge is -2.26. The lowest BCUT2D eigenvalue weighted by Crippen LogP contribution is -2.43. The largest absolute Gasteiger partial charge is 0.336 e. The first-order chi connectivity index (χ1) is 10.6. The van der Waals surface area contributed by atoms with Crippen molar-refractivity contribution < 1.29 is 0 Å². The highest BCUT2D eigenvalue weighted by atomic mass is 16.2. The Morgan fingerprint density at radius 3 is 2.59 bits per heavy atom. The number of H-pyrrole nitrogens is 1. The van der Waals surface area contributed by atoms with Crippen molar-refractivity contribution in [1.82, 2.24) is 29.3 Å². The number of fused-ring (bicyclic) bond motifs is 1. The van der Waals surface area contributed by atoms with Gasteiger partial charge >= 0.3 is 5.69 Å². The van der Waals surface area contributed by atoms with E-state index >= 15 is 0 Å². The highest BCUT2D eigenvalue weighted by Crippen LogP contribution is 2.07. The Hall–Kier alpha value is -1.93. The summed E-state index contributed by atoms with van der Waals surface area (Å²) in [4.78, 5) is 33.9. The molecule has 0 aliphatic carbocycles. The Balaban J connectivity index is 1.75. The molecule has 0 aromatic carbocycles. The van der Waals surface area contributed by atoms with Crippen molar-refractivity contribution in [3.05, 3.63) is 26.7 Å². The predicted octanol–water partition coefficient (Wildman–Crippen LogP) is -1.20. The molecule has 8 heteroatoms. The Morgan fingerprint density at radius 2 is 1.86 bits per heavy atom. The number of nitrogens with one attached hydrogen (secondary N) is 2. The normalized spacial score (nSPS) is 16.5. The highest BCUT2D eigenvalue weighted by molar-refractivity contribution is 5.69. The molecule has 120 valence electrons. The molecule has 0 unspecified atom stereocenters. The summed E-state index contributed by atoms with van der Waals surface area (Å²) in [7, 11) is 3.12. The van der Waals surface area contributed by atoms with E-state index in [0.29, 0.717) is 11.2 Å². The number of nitrogens with zero attached hydrogens (tertiary/aromatic N) is 4. The van der Waals surface area contributed by atoms with E-state index in [0.717, 1.165) is 56.0 Å². The van der Waals surface area contributed by atoms with Gasteiger partial charge in [0.1, 0.15) is 11.3 Å². The number of aromatic nitrogens is 4. The number of hydrogen-bond donors (Lipinski definition) is 2. The summed E-state index contributed by atoms with van der Waals surface area (Å²) in [5, 5.41) is 3.33. The first kappa shape index (κ1) is 15.0. The molecule has 3 rings (SSSR count). The number of aryl methyl sites for hydroxylation is 2. The molecule has 2 aromatic rings. The number of imidazole rings is 1. The van der Waals surface area contributed by atoms with Gasteiger partial charge in [-0.2, -0.15) is 0 Å². The summed E-state index contributed by atoms with van der Waals surface area (Å²) in [6, 6.07) is 0. The predicted molar refractivity (Wildman–Crippen MR) is 84.2 cm³/mol. The molecule has 1 aliphatic heterocycles. The van der Waals surface area contributed by atoms with Gasteiger partial charge in [-0.3, -0.25) is 13.9 Å². The third kappa shape index (κ3) is 2.71.